The minimum atomic E-state index is -0.188. The van der Waals surface area contributed by atoms with Crippen molar-refractivity contribution in [3.63, 3.8) is 0 Å². The molecule has 0 saturated carbocycles. The summed E-state index contributed by atoms with van der Waals surface area (Å²) in [6.45, 7) is 2.99. The lowest BCUT2D eigenvalue weighted by molar-refractivity contribution is 0.123. The minimum Gasteiger partial charge on any atom is -0.390 e. The van der Waals surface area contributed by atoms with Crippen molar-refractivity contribution < 1.29 is 9.84 Å². The van der Waals surface area contributed by atoms with E-state index in [1.807, 2.05) is 0 Å². The summed E-state index contributed by atoms with van der Waals surface area (Å²) in [5.41, 5.74) is 0. The van der Waals surface area contributed by atoms with Crippen LogP contribution in [0.4, 0.5) is 0 Å². The number of epoxide rings is 1. The Kier molecular flexibility index (Phi) is 4.62. The molecule has 1 aliphatic heterocycles. The standard InChI is InChI=1S/C10H20O2/c1-2-3-4-5-6-7-9(11)10-8-12-10/h9-11H,2-8H2,1H3. The average molecular weight is 172 g/mol. The summed E-state index contributed by atoms with van der Waals surface area (Å²) in [5, 5.41) is 9.42. The van der Waals surface area contributed by atoms with E-state index < -0.39 is 0 Å². The molecule has 0 amide bonds. The first kappa shape index (κ1) is 10.0. The zero-order valence-electron chi connectivity index (χ0n) is 7.96. The maximum absolute atomic E-state index is 9.42. The molecule has 2 unspecified atom stereocenters. The van der Waals surface area contributed by atoms with E-state index in [9.17, 15) is 5.11 Å². The Hall–Kier alpha value is -0.0800. The second-order valence-electron chi connectivity index (χ2n) is 3.64. The van der Waals surface area contributed by atoms with Crippen molar-refractivity contribution >= 4 is 0 Å². The Bertz CT molecular complexity index is 110. The average Bonchev–Trinajstić information content (AvgIpc) is 2.86. The second kappa shape index (κ2) is 5.55. The summed E-state index contributed by atoms with van der Waals surface area (Å²) < 4.78 is 5.00. The third-order valence-corrected chi connectivity index (χ3v) is 2.39. The summed E-state index contributed by atoms with van der Waals surface area (Å²) in [6, 6.07) is 0. The first-order valence-corrected chi connectivity index (χ1v) is 5.14. The lowest BCUT2D eigenvalue weighted by Crippen LogP contribution is -2.13. The molecular formula is C10H20O2. The predicted octanol–water partition coefficient (Wildman–Crippen LogP) is 2.11. The van der Waals surface area contributed by atoms with Crippen molar-refractivity contribution in [2.45, 2.75) is 57.7 Å². The van der Waals surface area contributed by atoms with Crippen LogP contribution in [0.5, 0.6) is 0 Å². The number of ether oxygens (including phenoxy) is 1. The van der Waals surface area contributed by atoms with E-state index in [0.29, 0.717) is 0 Å². The molecule has 0 aliphatic carbocycles. The van der Waals surface area contributed by atoms with Gasteiger partial charge in [0.25, 0.3) is 0 Å². The van der Waals surface area contributed by atoms with Gasteiger partial charge in [-0.3, -0.25) is 0 Å². The lowest BCUT2D eigenvalue weighted by Gasteiger charge is -2.05. The summed E-state index contributed by atoms with van der Waals surface area (Å²) in [6.07, 6.45) is 7.26. The smallest absolute Gasteiger partial charge is 0.107 e. The highest BCUT2D eigenvalue weighted by atomic mass is 16.6. The van der Waals surface area contributed by atoms with Crippen molar-refractivity contribution in [2.75, 3.05) is 6.61 Å². The minimum absolute atomic E-state index is 0.177. The summed E-state index contributed by atoms with van der Waals surface area (Å²) >= 11 is 0. The van der Waals surface area contributed by atoms with Crippen LogP contribution < -0.4 is 0 Å². The van der Waals surface area contributed by atoms with Gasteiger partial charge in [0.2, 0.25) is 0 Å². The van der Waals surface area contributed by atoms with Crippen molar-refractivity contribution in [1.82, 2.24) is 0 Å². The molecule has 1 heterocycles. The first-order valence-electron chi connectivity index (χ1n) is 5.14. The van der Waals surface area contributed by atoms with Gasteiger partial charge in [-0.15, -0.1) is 0 Å². The quantitative estimate of drug-likeness (QED) is 0.471. The molecule has 1 fully saturated rings. The molecule has 2 nitrogen and oxygen atoms in total. The highest BCUT2D eigenvalue weighted by Crippen LogP contribution is 2.18. The van der Waals surface area contributed by atoms with Gasteiger partial charge in [0.15, 0.2) is 0 Å². The maximum Gasteiger partial charge on any atom is 0.107 e. The van der Waals surface area contributed by atoms with Crippen molar-refractivity contribution in [3.05, 3.63) is 0 Å². The summed E-state index contributed by atoms with van der Waals surface area (Å²) in [5.74, 6) is 0. The third kappa shape index (κ3) is 4.07. The van der Waals surface area contributed by atoms with Crippen molar-refractivity contribution in [1.29, 1.82) is 0 Å². The lowest BCUT2D eigenvalue weighted by atomic mass is 10.1. The van der Waals surface area contributed by atoms with Gasteiger partial charge in [-0.05, 0) is 6.42 Å². The zero-order chi connectivity index (χ0) is 8.81. The molecule has 1 rings (SSSR count). The van der Waals surface area contributed by atoms with Gasteiger partial charge in [0.05, 0.1) is 12.7 Å². The fourth-order valence-corrected chi connectivity index (χ4v) is 1.42. The van der Waals surface area contributed by atoms with Gasteiger partial charge >= 0.3 is 0 Å². The van der Waals surface area contributed by atoms with Crippen LogP contribution in [0.3, 0.4) is 0 Å². The number of aliphatic hydroxyl groups excluding tert-OH is 1. The van der Waals surface area contributed by atoms with Gasteiger partial charge in [0, 0.05) is 0 Å². The highest BCUT2D eigenvalue weighted by molar-refractivity contribution is 4.77. The van der Waals surface area contributed by atoms with Gasteiger partial charge in [-0.1, -0.05) is 39.0 Å². The first-order chi connectivity index (χ1) is 5.84. The number of hydrogen-bond acceptors (Lipinski definition) is 2. The monoisotopic (exact) mass is 172 g/mol. The van der Waals surface area contributed by atoms with Crippen LogP contribution in [-0.4, -0.2) is 23.9 Å². The van der Waals surface area contributed by atoms with E-state index in [2.05, 4.69) is 6.92 Å². The predicted molar refractivity (Wildman–Crippen MR) is 49.1 cm³/mol. The molecule has 1 saturated heterocycles. The topological polar surface area (TPSA) is 32.8 Å². The van der Waals surface area contributed by atoms with Crippen molar-refractivity contribution in [2.24, 2.45) is 0 Å². The normalized spacial score (nSPS) is 24.0. The van der Waals surface area contributed by atoms with E-state index in [4.69, 9.17) is 4.74 Å². The van der Waals surface area contributed by atoms with E-state index in [-0.39, 0.29) is 12.2 Å². The summed E-state index contributed by atoms with van der Waals surface area (Å²) in [7, 11) is 0. The van der Waals surface area contributed by atoms with Crippen LogP contribution >= 0.6 is 0 Å². The summed E-state index contributed by atoms with van der Waals surface area (Å²) in [4.78, 5) is 0. The van der Waals surface area contributed by atoms with Crippen LogP contribution in [0.2, 0.25) is 0 Å². The molecule has 0 radical (unpaired) electrons. The SMILES string of the molecule is CCCCCCCC(O)C1CO1. The van der Waals surface area contributed by atoms with E-state index >= 15 is 0 Å². The Morgan fingerprint density at radius 1 is 1.33 bits per heavy atom. The Labute approximate surface area is 74.9 Å². The van der Waals surface area contributed by atoms with Crippen LogP contribution in [-0.2, 0) is 4.74 Å². The third-order valence-electron chi connectivity index (χ3n) is 2.39. The number of hydrogen-bond donors (Lipinski definition) is 1. The highest BCUT2D eigenvalue weighted by Gasteiger charge is 2.30. The molecule has 0 spiro atoms. The van der Waals surface area contributed by atoms with Gasteiger partial charge < -0.3 is 9.84 Å². The molecule has 1 aliphatic rings. The molecule has 0 bridgehead atoms. The Morgan fingerprint density at radius 2 is 2.00 bits per heavy atom. The van der Waals surface area contributed by atoms with E-state index in [1.165, 1.54) is 25.7 Å². The number of rotatable bonds is 7. The van der Waals surface area contributed by atoms with E-state index in [1.54, 1.807) is 0 Å². The van der Waals surface area contributed by atoms with Gasteiger partial charge in [0.1, 0.15) is 6.10 Å². The molecule has 0 aromatic rings. The van der Waals surface area contributed by atoms with E-state index in [0.717, 1.165) is 19.4 Å². The molecule has 2 heteroatoms. The number of unbranched alkanes of at least 4 members (excludes halogenated alkanes) is 4. The van der Waals surface area contributed by atoms with Crippen LogP contribution in [0.15, 0.2) is 0 Å². The largest absolute Gasteiger partial charge is 0.390 e. The van der Waals surface area contributed by atoms with Crippen LogP contribution in [0.25, 0.3) is 0 Å². The molecule has 72 valence electrons. The van der Waals surface area contributed by atoms with Gasteiger partial charge in [-0.2, -0.15) is 0 Å². The maximum atomic E-state index is 9.42. The fraction of sp³-hybridized carbons (Fsp3) is 1.00. The molecule has 12 heavy (non-hydrogen) atoms. The van der Waals surface area contributed by atoms with Crippen LogP contribution in [0, 0.1) is 0 Å². The molecular weight excluding hydrogens is 152 g/mol. The molecule has 2 atom stereocenters. The van der Waals surface area contributed by atoms with Gasteiger partial charge in [-0.25, -0.2) is 0 Å². The Balaban J connectivity index is 1.81. The van der Waals surface area contributed by atoms with Crippen molar-refractivity contribution in [3.8, 4) is 0 Å². The number of aliphatic hydroxyl groups is 1. The molecule has 0 aromatic heterocycles. The zero-order valence-corrected chi connectivity index (χ0v) is 7.96. The molecule has 0 aromatic carbocycles. The second-order valence-corrected chi connectivity index (χ2v) is 3.64. The Morgan fingerprint density at radius 3 is 2.58 bits per heavy atom. The van der Waals surface area contributed by atoms with Crippen LogP contribution in [0.1, 0.15) is 45.4 Å². The fourth-order valence-electron chi connectivity index (χ4n) is 1.42. The molecule has 1 N–H and O–H groups in total.